The van der Waals surface area contributed by atoms with Crippen molar-refractivity contribution in [3.8, 4) is 5.75 Å². The van der Waals surface area contributed by atoms with Gasteiger partial charge in [-0.1, -0.05) is 61.9 Å². The van der Waals surface area contributed by atoms with E-state index in [1.165, 1.54) is 23.1 Å². The summed E-state index contributed by atoms with van der Waals surface area (Å²) in [7, 11) is 1.68. The van der Waals surface area contributed by atoms with E-state index in [0.717, 1.165) is 12.2 Å². The maximum Gasteiger partial charge on any atom is 0.118 e. The number of hydrogen-bond donors (Lipinski definition) is 0. The first-order valence-electron chi connectivity index (χ1n) is 6.73. The predicted molar refractivity (Wildman–Crippen MR) is 82.4 cm³/mol. The van der Waals surface area contributed by atoms with Gasteiger partial charge in [0.05, 0.1) is 7.11 Å². The molecular weight excluding hydrogens is 232 g/mol. The first-order valence-corrected chi connectivity index (χ1v) is 6.73. The van der Waals surface area contributed by atoms with Crippen LogP contribution >= 0.6 is 0 Å². The highest BCUT2D eigenvalue weighted by molar-refractivity contribution is 5.69. The van der Waals surface area contributed by atoms with Gasteiger partial charge in [0.15, 0.2) is 0 Å². The highest BCUT2D eigenvalue weighted by atomic mass is 16.5. The maximum atomic E-state index is 5.14. The number of rotatable bonds is 5. The standard InChI is InChI=1S/C18H20O/c1-3-4-15-5-7-16(8-6-15)9-10-17-11-13-18(19-2)14-12-17/h5-14H,3-4H2,1-2H3. The summed E-state index contributed by atoms with van der Waals surface area (Å²) in [5.41, 5.74) is 3.82. The molecule has 0 unspecified atom stereocenters. The minimum absolute atomic E-state index is 0.890. The molecule has 0 bridgehead atoms. The Labute approximate surface area is 115 Å². The lowest BCUT2D eigenvalue weighted by Gasteiger charge is -2.00. The van der Waals surface area contributed by atoms with Gasteiger partial charge in [0, 0.05) is 0 Å². The van der Waals surface area contributed by atoms with Crippen LogP contribution in [0.15, 0.2) is 48.5 Å². The Morgan fingerprint density at radius 2 is 1.37 bits per heavy atom. The van der Waals surface area contributed by atoms with Gasteiger partial charge in [-0.3, -0.25) is 0 Å². The maximum absolute atomic E-state index is 5.14. The molecular formula is C18H20O. The third-order valence-corrected chi connectivity index (χ3v) is 3.10. The number of ether oxygens (including phenoxy) is 1. The molecule has 2 aromatic rings. The van der Waals surface area contributed by atoms with Gasteiger partial charge in [0.25, 0.3) is 0 Å². The second-order valence-electron chi connectivity index (χ2n) is 4.60. The summed E-state index contributed by atoms with van der Waals surface area (Å²) in [6.07, 6.45) is 6.61. The van der Waals surface area contributed by atoms with E-state index in [1.807, 2.05) is 12.1 Å². The molecule has 19 heavy (non-hydrogen) atoms. The Morgan fingerprint density at radius 1 is 0.842 bits per heavy atom. The highest BCUT2D eigenvalue weighted by Gasteiger charge is 1.92. The topological polar surface area (TPSA) is 9.23 Å². The first-order chi connectivity index (χ1) is 9.31. The molecule has 0 spiro atoms. The van der Waals surface area contributed by atoms with Gasteiger partial charge in [-0.05, 0) is 35.2 Å². The Hall–Kier alpha value is -2.02. The van der Waals surface area contributed by atoms with Crippen LogP contribution in [0.25, 0.3) is 12.2 Å². The fraction of sp³-hybridized carbons (Fsp3) is 0.222. The molecule has 0 aliphatic carbocycles. The van der Waals surface area contributed by atoms with Crippen molar-refractivity contribution in [2.75, 3.05) is 7.11 Å². The second-order valence-corrected chi connectivity index (χ2v) is 4.60. The van der Waals surface area contributed by atoms with Crippen molar-refractivity contribution in [2.45, 2.75) is 19.8 Å². The summed E-state index contributed by atoms with van der Waals surface area (Å²) in [5.74, 6) is 0.890. The minimum Gasteiger partial charge on any atom is -0.497 e. The highest BCUT2D eigenvalue weighted by Crippen LogP contribution is 2.14. The van der Waals surface area contributed by atoms with Gasteiger partial charge >= 0.3 is 0 Å². The molecule has 2 rings (SSSR count). The van der Waals surface area contributed by atoms with Crippen molar-refractivity contribution in [3.63, 3.8) is 0 Å². The average molecular weight is 252 g/mol. The van der Waals surface area contributed by atoms with Crippen molar-refractivity contribution >= 4 is 12.2 Å². The van der Waals surface area contributed by atoms with Gasteiger partial charge in [-0.2, -0.15) is 0 Å². The summed E-state index contributed by atoms with van der Waals surface area (Å²) >= 11 is 0. The summed E-state index contributed by atoms with van der Waals surface area (Å²) in [5, 5.41) is 0. The summed E-state index contributed by atoms with van der Waals surface area (Å²) in [6.45, 7) is 2.21. The van der Waals surface area contributed by atoms with Crippen molar-refractivity contribution in [1.82, 2.24) is 0 Å². The van der Waals surface area contributed by atoms with Crippen LogP contribution in [-0.4, -0.2) is 7.11 Å². The molecule has 0 N–H and O–H groups in total. The largest absolute Gasteiger partial charge is 0.497 e. The SMILES string of the molecule is CCCc1ccc(C=Cc2ccc(OC)cc2)cc1. The number of methoxy groups -OCH3 is 1. The van der Waals surface area contributed by atoms with Crippen molar-refractivity contribution in [1.29, 1.82) is 0 Å². The normalized spacial score (nSPS) is 10.8. The van der Waals surface area contributed by atoms with Gasteiger partial charge < -0.3 is 4.74 Å². The fourth-order valence-corrected chi connectivity index (χ4v) is 1.99. The van der Waals surface area contributed by atoms with E-state index in [2.05, 4.69) is 55.5 Å². The first kappa shape index (κ1) is 13.4. The van der Waals surface area contributed by atoms with Crippen LogP contribution in [0.2, 0.25) is 0 Å². The van der Waals surface area contributed by atoms with Crippen LogP contribution in [0, 0.1) is 0 Å². The lowest BCUT2D eigenvalue weighted by atomic mass is 10.1. The van der Waals surface area contributed by atoms with Gasteiger partial charge in [0.2, 0.25) is 0 Å². The Kier molecular flexibility index (Phi) is 4.79. The third-order valence-electron chi connectivity index (χ3n) is 3.10. The molecule has 1 heteroatoms. The molecule has 0 radical (unpaired) electrons. The van der Waals surface area contributed by atoms with Gasteiger partial charge in [-0.15, -0.1) is 0 Å². The van der Waals surface area contributed by atoms with E-state index in [1.54, 1.807) is 7.11 Å². The molecule has 2 aromatic carbocycles. The molecule has 0 atom stereocenters. The smallest absolute Gasteiger partial charge is 0.118 e. The molecule has 0 amide bonds. The van der Waals surface area contributed by atoms with Gasteiger partial charge in [0.1, 0.15) is 5.75 Å². The van der Waals surface area contributed by atoms with Crippen molar-refractivity contribution < 1.29 is 4.74 Å². The van der Waals surface area contributed by atoms with Gasteiger partial charge in [-0.25, -0.2) is 0 Å². The molecule has 0 heterocycles. The zero-order valence-corrected chi connectivity index (χ0v) is 11.6. The molecule has 0 aromatic heterocycles. The molecule has 0 aliphatic heterocycles. The molecule has 98 valence electrons. The second kappa shape index (κ2) is 6.79. The Balaban J connectivity index is 2.04. The number of hydrogen-bond acceptors (Lipinski definition) is 1. The van der Waals surface area contributed by atoms with E-state index in [-0.39, 0.29) is 0 Å². The summed E-state index contributed by atoms with van der Waals surface area (Å²) in [4.78, 5) is 0. The van der Waals surface area contributed by atoms with Crippen LogP contribution in [0.5, 0.6) is 5.75 Å². The monoisotopic (exact) mass is 252 g/mol. The van der Waals surface area contributed by atoms with Crippen molar-refractivity contribution in [2.24, 2.45) is 0 Å². The fourth-order valence-electron chi connectivity index (χ4n) is 1.99. The van der Waals surface area contributed by atoms with Crippen LogP contribution in [0.4, 0.5) is 0 Å². The predicted octanol–water partition coefficient (Wildman–Crippen LogP) is 4.82. The minimum atomic E-state index is 0.890. The van der Waals surface area contributed by atoms with E-state index < -0.39 is 0 Å². The lowest BCUT2D eigenvalue weighted by molar-refractivity contribution is 0.415. The van der Waals surface area contributed by atoms with E-state index in [9.17, 15) is 0 Å². The van der Waals surface area contributed by atoms with Crippen molar-refractivity contribution in [3.05, 3.63) is 65.2 Å². The average Bonchev–Trinajstić information content (AvgIpc) is 2.47. The number of benzene rings is 2. The van der Waals surface area contributed by atoms with E-state index in [4.69, 9.17) is 4.74 Å². The molecule has 1 nitrogen and oxygen atoms in total. The summed E-state index contributed by atoms with van der Waals surface area (Å²) < 4.78 is 5.14. The molecule has 0 aliphatic rings. The Bertz CT molecular complexity index is 521. The molecule has 0 fully saturated rings. The van der Waals surface area contributed by atoms with E-state index >= 15 is 0 Å². The molecule has 0 saturated carbocycles. The lowest BCUT2D eigenvalue weighted by Crippen LogP contribution is -1.82. The summed E-state index contributed by atoms with van der Waals surface area (Å²) in [6, 6.07) is 16.8. The Morgan fingerprint density at radius 3 is 1.84 bits per heavy atom. The zero-order valence-electron chi connectivity index (χ0n) is 11.6. The van der Waals surface area contributed by atoms with Crippen LogP contribution in [-0.2, 0) is 6.42 Å². The van der Waals surface area contributed by atoms with Crippen LogP contribution in [0.3, 0.4) is 0 Å². The zero-order chi connectivity index (χ0) is 13.5. The van der Waals surface area contributed by atoms with Crippen LogP contribution in [0.1, 0.15) is 30.0 Å². The van der Waals surface area contributed by atoms with Crippen LogP contribution < -0.4 is 4.74 Å². The number of aryl methyl sites for hydroxylation is 1. The van der Waals surface area contributed by atoms with E-state index in [0.29, 0.717) is 0 Å². The molecule has 0 saturated heterocycles. The quantitative estimate of drug-likeness (QED) is 0.693. The third kappa shape index (κ3) is 3.99.